The zero-order chi connectivity index (χ0) is 13.7. The van der Waals surface area contributed by atoms with Crippen LogP contribution in [0.4, 0.5) is 5.82 Å². The molecule has 0 fully saturated rings. The summed E-state index contributed by atoms with van der Waals surface area (Å²) in [5.41, 5.74) is 3.17. The van der Waals surface area contributed by atoms with Gasteiger partial charge in [-0.05, 0) is 17.0 Å². The Bertz CT molecular complexity index is 850. The van der Waals surface area contributed by atoms with Crippen LogP contribution in [0.3, 0.4) is 0 Å². The Kier molecular flexibility index (Phi) is 2.18. The molecule has 98 valence electrons. The van der Waals surface area contributed by atoms with Crippen molar-refractivity contribution in [2.45, 2.75) is 6.42 Å². The Hall–Kier alpha value is -2.69. The molecule has 0 saturated carbocycles. The third-order valence-electron chi connectivity index (χ3n) is 3.63. The van der Waals surface area contributed by atoms with E-state index in [4.69, 9.17) is 0 Å². The molecule has 20 heavy (non-hydrogen) atoms. The van der Waals surface area contributed by atoms with E-state index in [0.29, 0.717) is 12.2 Å². The molecule has 1 aliphatic heterocycles. The van der Waals surface area contributed by atoms with Crippen molar-refractivity contribution >= 4 is 22.5 Å². The standard InChI is InChI=1S/C15H12N4O/c1-19-8-11(7-17-19)9-2-3-12-10(4-9)6-16-15-13(12)5-14(20)18-15/h2-4,6-8H,5H2,1H3,(H,16,18,20). The number of aromatic nitrogens is 3. The van der Waals surface area contributed by atoms with Crippen molar-refractivity contribution in [2.75, 3.05) is 5.32 Å². The molecule has 2 aromatic heterocycles. The van der Waals surface area contributed by atoms with Gasteiger partial charge >= 0.3 is 0 Å². The van der Waals surface area contributed by atoms with Gasteiger partial charge in [-0.25, -0.2) is 4.98 Å². The van der Waals surface area contributed by atoms with Crippen LogP contribution in [0.25, 0.3) is 21.9 Å². The molecular formula is C15H12N4O. The number of fused-ring (bicyclic) bond motifs is 3. The van der Waals surface area contributed by atoms with E-state index in [9.17, 15) is 4.79 Å². The number of benzene rings is 1. The first-order valence-corrected chi connectivity index (χ1v) is 6.41. The lowest BCUT2D eigenvalue weighted by Gasteiger charge is -2.05. The van der Waals surface area contributed by atoms with Gasteiger partial charge in [0.2, 0.25) is 5.91 Å². The number of rotatable bonds is 1. The number of carbonyl (C=O) groups excluding carboxylic acids is 1. The second kappa shape index (κ2) is 3.90. The van der Waals surface area contributed by atoms with Gasteiger partial charge in [0.05, 0.1) is 12.6 Å². The molecule has 5 heteroatoms. The third-order valence-corrected chi connectivity index (χ3v) is 3.63. The first-order chi connectivity index (χ1) is 9.70. The quantitative estimate of drug-likeness (QED) is 0.732. The van der Waals surface area contributed by atoms with Crippen molar-refractivity contribution in [3.05, 3.63) is 42.4 Å². The van der Waals surface area contributed by atoms with Crippen LogP contribution >= 0.6 is 0 Å². The normalized spacial score (nSPS) is 13.6. The molecule has 0 spiro atoms. The fraction of sp³-hybridized carbons (Fsp3) is 0.133. The van der Waals surface area contributed by atoms with Crippen molar-refractivity contribution in [1.82, 2.24) is 14.8 Å². The average Bonchev–Trinajstić information content (AvgIpc) is 3.03. The maximum absolute atomic E-state index is 11.5. The lowest BCUT2D eigenvalue weighted by Crippen LogP contribution is -2.04. The van der Waals surface area contributed by atoms with Crippen LogP contribution in [0.5, 0.6) is 0 Å². The maximum Gasteiger partial charge on any atom is 0.230 e. The Morgan fingerprint density at radius 1 is 1.25 bits per heavy atom. The van der Waals surface area contributed by atoms with Gasteiger partial charge in [0.15, 0.2) is 0 Å². The van der Waals surface area contributed by atoms with E-state index in [1.54, 1.807) is 10.9 Å². The summed E-state index contributed by atoms with van der Waals surface area (Å²) in [6, 6.07) is 6.20. The molecule has 0 saturated heterocycles. The van der Waals surface area contributed by atoms with Gasteiger partial charge in [0, 0.05) is 36.0 Å². The summed E-state index contributed by atoms with van der Waals surface area (Å²) < 4.78 is 1.78. The molecule has 3 aromatic rings. The third kappa shape index (κ3) is 1.60. The number of hydrogen-bond acceptors (Lipinski definition) is 3. The molecule has 1 amide bonds. The van der Waals surface area contributed by atoms with E-state index < -0.39 is 0 Å². The number of carbonyl (C=O) groups is 1. The molecule has 0 radical (unpaired) electrons. The fourth-order valence-corrected chi connectivity index (χ4v) is 2.66. The van der Waals surface area contributed by atoms with E-state index in [-0.39, 0.29) is 5.91 Å². The first kappa shape index (κ1) is 11.2. The Morgan fingerprint density at radius 3 is 2.95 bits per heavy atom. The van der Waals surface area contributed by atoms with Crippen LogP contribution < -0.4 is 5.32 Å². The number of pyridine rings is 1. The van der Waals surface area contributed by atoms with Gasteiger partial charge in [-0.1, -0.05) is 12.1 Å². The minimum Gasteiger partial charge on any atom is -0.310 e. The molecule has 1 aliphatic rings. The summed E-state index contributed by atoms with van der Waals surface area (Å²) in [6.45, 7) is 0. The number of amides is 1. The number of hydrogen-bond donors (Lipinski definition) is 1. The molecule has 0 bridgehead atoms. The van der Waals surface area contributed by atoms with Gasteiger partial charge in [-0.15, -0.1) is 0 Å². The summed E-state index contributed by atoms with van der Waals surface area (Å²) in [5.74, 6) is 0.702. The fourth-order valence-electron chi connectivity index (χ4n) is 2.66. The summed E-state index contributed by atoms with van der Waals surface area (Å²) in [4.78, 5) is 15.8. The maximum atomic E-state index is 11.5. The smallest absolute Gasteiger partial charge is 0.230 e. The van der Waals surface area contributed by atoms with Crippen molar-refractivity contribution in [3.8, 4) is 11.1 Å². The van der Waals surface area contributed by atoms with Crippen molar-refractivity contribution < 1.29 is 4.79 Å². The van der Waals surface area contributed by atoms with Gasteiger partial charge in [-0.3, -0.25) is 9.48 Å². The van der Waals surface area contributed by atoms with Crippen LogP contribution in [0.1, 0.15) is 5.56 Å². The number of nitrogens with zero attached hydrogens (tertiary/aromatic N) is 3. The summed E-state index contributed by atoms with van der Waals surface area (Å²) in [6.07, 6.45) is 6.03. The summed E-state index contributed by atoms with van der Waals surface area (Å²) in [7, 11) is 1.90. The van der Waals surface area contributed by atoms with Crippen molar-refractivity contribution in [1.29, 1.82) is 0 Å². The topological polar surface area (TPSA) is 59.8 Å². The number of anilines is 1. The van der Waals surface area contributed by atoms with Gasteiger partial charge < -0.3 is 5.32 Å². The van der Waals surface area contributed by atoms with Crippen LogP contribution in [0, 0.1) is 0 Å². The highest BCUT2D eigenvalue weighted by atomic mass is 16.1. The lowest BCUT2D eigenvalue weighted by molar-refractivity contribution is -0.115. The monoisotopic (exact) mass is 264 g/mol. The highest BCUT2D eigenvalue weighted by Crippen LogP contribution is 2.31. The zero-order valence-corrected chi connectivity index (χ0v) is 10.9. The first-order valence-electron chi connectivity index (χ1n) is 6.41. The summed E-state index contributed by atoms with van der Waals surface area (Å²) in [5, 5.41) is 9.09. The average molecular weight is 264 g/mol. The van der Waals surface area contributed by atoms with Crippen LogP contribution in [-0.4, -0.2) is 20.7 Å². The SMILES string of the molecule is Cn1cc(-c2ccc3c4c(ncc3c2)NC(=O)C4)cn1. The van der Waals surface area contributed by atoms with Crippen molar-refractivity contribution in [2.24, 2.45) is 7.05 Å². The Labute approximate surface area is 115 Å². The van der Waals surface area contributed by atoms with Gasteiger partial charge in [0.1, 0.15) is 5.82 Å². The second-order valence-electron chi connectivity index (χ2n) is 5.02. The minimum absolute atomic E-state index is 0.0105. The van der Waals surface area contributed by atoms with Crippen LogP contribution in [0.15, 0.2) is 36.8 Å². The van der Waals surface area contributed by atoms with E-state index in [1.807, 2.05) is 19.4 Å². The predicted octanol–water partition coefficient (Wildman–Crippen LogP) is 2.13. The van der Waals surface area contributed by atoms with E-state index in [0.717, 1.165) is 27.5 Å². The zero-order valence-electron chi connectivity index (χ0n) is 10.9. The van der Waals surface area contributed by atoms with Gasteiger partial charge in [-0.2, -0.15) is 5.10 Å². The lowest BCUT2D eigenvalue weighted by atomic mass is 10.0. The Morgan fingerprint density at radius 2 is 2.15 bits per heavy atom. The molecule has 0 atom stereocenters. The molecule has 0 aliphatic carbocycles. The van der Waals surface area contributed by atoms with Gasteiger partial charge in [0.25, 0.3) is 0 Å². The highest BCUT2D eigenvalue weighted by molar-refractivity contribution is 6.04. The Balaban J connectivity index is 1.90. The molecular weight excluding hydrogens is 252 g/mol. The van der Waals surface area contributed by atoms with Crippen molar-refractivity contribution in [3.63, 3.8) is 0 Å². The molecule has 3 heterocycles. The molecule has 1 N–H and O–H groups in total. The van der Waals surface area contributed by atoms with E-state index in [1.165, 1.54) is 0 Å². The molecule has 5 nitrogen and oxygen atoms in total. The van der Waals surface area contributed by atoms with E-state index >= 15 is 0 Å². The van der Waals surface area contributed by atoms with E-state index in [2.05, 4.69) is 33.6 Å². The molecule has 4 rings (SSSR count). The van der Waals surface area contributed by atoms with Crippen LogP contribution in [0.2, 0.25) is 0 Å². The van der Waals surface area contributed by atoms with Crippen LogP contribution in [-0.2, 0) is 18.3 Å². The highest BCUT2D eigenvalue weighted by Gasteiger charge is 2.21. The second-order valence-corrected chi connectivity index (χ2v) is 5.02. The minimum atomic E-state index is 0.0105. The predicted molar refractivity (Wildman–Crippen MR) is 76.3 cm³/mol. The summed E-state index contributed by atoms with van der Waals surface area (Å²) >= 11 is 0. The molecule has 1 aromatic carbocycles. The number of aryl methyl sites for hydroxylation is 1. The molecule has 0 unspecified atom stereocenters. The number of nitrogens with one attached hydrogen (secondary N) is 1. The largest absolute Gasteiger partial charge is 0.310 e.